The van der Waals surface area contributed by atoms with Gasteiger partial charge in [0.15, 0.2) is 6.61 Å². The molecule has 0 aromatic heterocycles. The van der Waals surface area contributed by atoms with Crippen LogP contribution in [0.15, 0.2) is 18.2 Å². The second-order valence-corrected chi connectivity index (χ2v) is 4.99. The molecule has 0 radical (unpaired) electrons. The molecule has 1 atom stereocenters. The normalized spacial score (nSPS) is 15.1. The van der Waals surface area contributed by atoms with Gasteiger partial charge in [-0.2, -0.15) is 0 Å². The van der Waals surface area contributed by atoms with E-state index in [1.54, 1.807) is 0 Å². The van der Waals surface area contributed by atoms with Crippen molar-refractivity contribution in [2.24, 2.45) is 0 Å². The fraction of sp³-hybridized carbons (Fsp3) is 0.533. The Morgan fingerprint density at radius 3 is 3.16 bits per heavy atom. The number of ether oxygens (including phenoxy) is 1. The van der Waals surface area contributed by atoms with Gasteiger partial charge in [0, 0.05) is 12.6 Å². The average molecular weight is 262 g/mol. The van der Waals surface area contributed by atoms with Gasteiger partial charge < -0.3 is 15.4 Å². The Labute approximate surface area is 114 Å². The Hall–Kier alpha value is -1.71. The van der Waals surface area contributed by atoms with E-state index in [1.807, 2.05) is 26.0 Å². The molecule has 1 aromatic rings. The Balaban J connectivity index is 1.94. The third kappa shape index (κ3) is 3.63. The monoisotopic (exact) mass is 262 g/mol. The molecule has 104 valence electrons. The van der Waals surface area contributed by atoms with E-state index in [1.165, 1.54) is 5.56 Å². The van der Waals surface area contributed by atoms with Gasteiger partial charge >= 0.3 is 0 Å². The fourth-order valence-corrected chi connectivity index (χ4v) is 2.16. The lowest BCUT2D eigenvalue weighted by molar-refractivity contribution is -0.123. The van der Waals surface area contributed by atoms with Crippen molar-refractivity contribution in [1.29, 1.82) is 0 Å². The molecule has 19 heavy (non-hydrogen) atoms. The molecule has 1 aliphatic rings. The highest BCUT2D eigenvalue weighted by Crippen LogP contribution is 2.31. The van der Waals surface area contributed by atoms with Crippen molar-refractivity contribution in [2.75, 3.05) is 18.5 Å². The Bertz CT molecular complexity index is 446. The van der Waals surface area contributed by atoms with Crippen molar-refractivity contribution in [3.8, 4) is 5.75 Å². The standard InChI is InChI=1S/C15H22N2O2/c1-3-11(2)17-14(18)10-19-13-8-4-6-12-7-5-9-16-15(12)13/h4,6,8,11,16H,3,5,7,9-10H2,1-2H3,(H,17,18). The van der Waals surface area contributed by atoms with Gasteiger partial charge in [-0.1, -0.05) is 19.1 Å². The van der Waals surface area contributed by atoms with Crippen LogP contribution < -0.4 is 15.4 Å². The van der Waals surface area contributed by atoms with Gasteiger partial charge in [-0.05, 0) is 37.8 Å². The average Bonchev–Trinajstić information content (AvgIpc) is 2.44. The summed E-state index contributed by atoms with van der Waals surface area (Å²) >= 11 is 0. The first kappa shape index (κ1) is 13.7. The summed E-state index contributed by atoms with van der Waals surface area (Å²) in [5, 5.41) is 6.25. The summed E-state index contributed by atoms with van der Waals surface area (Å²) in [5.41, 5.74) is 2.32. The van der Waals surface area contributed by atoms with Gasteiger partial charge in [0.1, 0.15) is 5.75 Å². The number of hydrogen-bond donors (Lipinski definition) is 2. The van der Waals surface area contributed by atoms with Crippen LogP contribution >= 0.6 is 0 Å². The number of carbonyl (C=O) groups excluding carboxylic acids is 1. The summed E-state index contributed by atoms with van der Waals surface area (Å²) < 4.78 is 5.64. The van der Waals surface area contributed by atoms with Crippen LogP contribution in [0.4, 0.5) is 5.69 Å². The maximum atomic E-state index is 11.7. The lowest BCUT2D eigenvalue weighted by atomic mass is 10.0. The van der Waals surface area contributed by atoms with E-state index < -0.39 is 0 Å². The zero-order valence-electron chi connectivity index (χ0n) is 11.7. The van der Waals surface area contributed by atoms with E-state index in [4.69, 9.17) is 4.74 Å². The number of aryl methyl sites for hydroxylation is 1. The van der Waals surface area contributed by atoms with E-state index >= 15 is 0 Å². The van der Waals surface area contributed by atoms with Gasteiger partial charge in [-0.3, -0.25) is 4.79 Å². The molecule has 0 aliphatic carbocycles. The van der Waals surface area contributed by atoms with Gasteiger partial charge in [0.25, 0.3) is 5.91 Å². The van der Waals surface area contributed by atoms with E-state index in [0.717, 1.165) is 37.2 Å². The zero-order valence-corrected chi connectivity index (χ0v) is 11.7. The number of benzene rings is 1. The second-order valence-electron chi connectivity index (χ2n) is 4.99. The molecule has 1 heterocycles. The number of anilines is 1. The van der Waals surface area contributed by atoms with Crippen LogP contribution in [0.3, 0.4) is 0 Å². The SMILES string of the molecule is CCC(C)NC(=O)COc1cccc2c1NCCC2. The molecule has 0 bridgehead atoms. The second kappa shape index (κ2) is 6.45. The molecular formula is C15H22N2O2. The fourth-order valence-electron chi connectivity index (χ4n) is 2.16. The lowest BCUT2D eigenvalue weighted by Crippen LogP contribution is -2.35. The molecule has 1 aromatic carbocycles. The number of carbonyl (C=O) groups is 1. The molecule has 1 amide bonds. The van der Waals surface area contributed by atoms with Crippen molar-refractivity contribution < 1.29 is 9.53 Å². The van der Waals surface area contributed by atoms with Crippen molar-refractivity contribution in [3.05, 3.63) is 23.8 Å². The van der Waals surface area contributed by atoms with E-state index in [-0.39, 0.29) is 18.6 Å². The van der Waals surface area contributed by atoms with E-state index in [9.17, 15) is 4.79 Å². The summed E-state index contributed by atoms with van der Waals surface area (Å²) in [4.78, 5) is 11.7. The predicted molar refractivity (Wildman–Crippen MR) is 76.6 cm³/mol. The molecular weight excluding hydrogens is 240 g/mol. The molecule has 4 heteroatoms. The number of amides is 1. The van der Waals surface area contributed by atoms with E-state index in [0.29, 0.717) is 0 Å². The minimum absolute atomic E-state index is 0.0669. The van der Waals surface area contributed by atoms with Crippen LogP contribution in [0.1, 0.15) is 32.3 Å². The molecule has 0 saturated carbocycles. The van der Waals surface area contributed by atoms with Crippen LogP contribution in [-0.4, -0.2) is 25.1 Å². The summed E-state index contributed by atoms with van der Waals surface area (Å²) in [6.45, 7) is 5.07. The highest BCUT2D eigenvalue weighted by atomic mass is 16.5. The van der Waals surface area contributed by atoms with Crippen LogP contribution in [-0.2, 0) is 11.2 Å². The first-order chi connectivity index (χ1) is 9.20. The third-order valence-corrected chi connectivity index (χ3v) is 3.42. The molecule has 1 aliphatic heterocycles. The first-order valence-corrected chi connectivity index (χ1v) is 6.98. The van der Waals surface area contributed by atoms with Crippen LogP contribution in [0.25, 0.3) is 0 Å². The molecule has 2 N–H and O–H groups in total. The van der Waals surface area contributed by atoms with Crippen molar-refractivity contribution in [2.45, 2.75) is 39.2 Å². The van der Waals surface area contributed by atoms with Crippen LogP contribution in [0.2, 0.25) is 0 Å². The third-order valence-electron chi connectivity index (χ3n) is 3.42. The Morgan fingerprint density at radius 2 is 2.37 bits per heavy atom. The zero-order chi connectivity index (χ0) is 13.7. The van der Waals surface area contributed by atoms with Crippen molar-refractivity contribution in [1.82, 2.24) is 5.32 Å². The smallest absolute Gasteiger partial charge is 0.258 e. The maximum Gasteiger partial charge on any atom is 0.258 e. The number of hydrogen-bond acceptors (Lipinski definition) is 3. The molecule has 2 rings (SSSR count). The maximum absolute atomic E-state index is 11.7. The molecule has 0 fully saturated rings. The van der Waals surface area contributed by atoms with E-state index in [2.05, 4.69) is 16.7 Å². The van der Waals surface area contributed by atoms with Gasteiger partial charge in [0.2, 0.25) is 0 Å². The minimum Gasteiger partial charge on any atom is -0.482 e. The number of para-hydroxylation sites is 1. The summed E-state index contributed by atoms with van der Waals surface area (Å²) in [5.74, 6) is 0.708. The molecule has 0 spiro atoms. The largest absolute Gasteiger partial charge is 0.482 e. The molecule has 0 saturated heterocycles. The highest BCUT2D eigenvalue weighted by Gasteiger charge is 2.14. The summed E-state index contributed by atoms with van der Waals surface area (Å²) in [6, 6.07) is 6.19. The quantitative estimate of drug-likeness (QED) is 0.856. The first-order valence-electron chi connectivity index (χ1n) is 6.98. The predicted octanol–water partition coefficient (Wildman–Crippen LogP) is 2.34. The number of fused-ring (bicyclic) bond motifs is 1. The number of nitrogens with one attached hydrogen (secondary N) is 2. The molecule has 1 unspecified atom stereocenters. The van der Waals surface area contributed by atoms with Gasteiger partial charge in [-0.25, -0.2) is 0 Å². The summed E-state index contributed by atoms with van der Waals surface area (Å²) in [6.07, 6.45) is 3.14. The minimum atomic E-state index is -0.0669. The van der Waals surface area contributed by atoms with Gasteiger partial charge in [-0.15, -0.1) is 0 Å². The van der Waals surface area contributed by atoms with Gasteiger partial charge in [0.05, 0.1) is 5.69 Å². The topological polar surface area (TPSA) is 50.4 Å². The highest BCUT2D eigenvalue weighted by molar-refractivity contribution is 5.78. The number of rotatable bonds is 5. The lowest BCUT2D eigenvalue weighted by Gasteiger charge is -2.21. The van der Waals surface area contributed by atoms with Crippen LogP contribution in [0.5, 0.6) is 5.75 Å². The Kier molecular flexibility index (Phi) is 4.66. The Morgan fingerprint density at radius 1 is 1.53 bits per heavy atom. The van der Waals surface area contributed by atoms with Crippen molar-refractivity contribution in [3.63, 3.8) is 0 Å². The van der Waals surface area contributed by atoms with Crippen molar-refractivity contribution >= 4 is 11.6 Å². The van der Waals surface area contributed by atoms with Crippen LogP contribution in [0, 0.1) is 0 Å². The molecule has 4 nitrogen and oxygen atoms in total. The summed E-state index contributed by atoms with van der Waals surface area (Å²) in [7, 11) is 0.